The van der Waals surface area contributed by atoms with Crippen LogP contribution >= 0.6 is 17.0 Å². The van der Waals surface area contributed by atoms with E-state index in [4.69, 9.17) is 27.2 Å². The van der Waals surface area contributed by atoms with E-state index in [0.717, 1.165) is 0 Å². The van der Waals surface area contributed by atoms with E-state index < -0.39 is 20.8 Å². The van der Waals surface area contributed by atoms with Gasteiger partial charge in [0.05, 0.1) is 11.5 Å². The Balaban J connectivity index is -0.000000188. The number of rotatable bonds is 2. The van der Waals surface area contributed by atoms with Gasteiger partial charge in [0.25, 0.3) is 0 Å². The summed E-state index contributed by atoms with van der Waals surface area (Å²) in [5.74, 6) is -0.125. The van der Waals surface area contributed by atoms with Gasteiger partial charge in [-0.15, -0.1) is 0 Å². The van der Waals surface area contributed by atoms with Crippen molar-refractivity contribution < 1.29 is 40.7 Å². The fourth-order valence-corrected chi connectivity index (χ4v) is 0.588. The fourth-order valence-electron chi connectivity index (χ4n) is 0.588. The molecular weight excluding hydrogens is 346 g/mol. The molecule has 0 rings (SSSR count). The summed E-state index contributed by atoms with van der Waals surface area (Å²) >= 11 is -0.826. The van der Waals surface area contributed by atoms with Crippen LogP contribution in [0.15, 0.2) is 23.7 Å². The standard InChI is InChI=1S/2C5H8O2.2ClH.Zr/c2*1-4(6)3-5(2)7;;;/h2*3,6H,1-2H3;2*1H;/q;;;;+2/p-2/b2*4-3-;;;. The van der Waals surface area contributed by atoms with Gasteiger partial charge in [0.2, 0.25) is 0 Å². The molecule has 4 nitrogen and oxygen atoms in total. The first-order valence-corrected chi connectivity index (χ1v) is 10.7. The second kappa shape index (κ2) is 15.9. The second-order valence-corrected chi connectivity index (χ2v) is 6.60. The van der Waals surface area contributed by atoms with Crippen molar-refractivity contribution in [3.63, 3.8) is 0 Å². The fraction of sp³-hybridized carbons (Fsp3) is 0.400. The number of aliphatic hydroxyl groups excluding tert-OH is 2. The van der Waals surface area contributed by atoms with E-state index >= 15 is 0 Å². The quantitative estimate of drug-likeness (QED) is 0.583. The minimum absolute atomic E-state index is 0.0625. The summed E-state index contributed by atoms with van der Waals surface area (Å²) in [5, 5.41) is 16.7. The molecule has 98 valence electrons. The summed E-state index contributed by atoms with van der Waals surface area (Å²) in [7, 11) is 9.87. The van der Waals surface area contributed by atoms with Gasteiger partial charge in [-0.25, -0.2) is 0 Å². The summed E-state index contributed by atoms with van der Waals surface area (Å²) in [4.78, 5) is 20.0. The van der Waals surface area contributed by atoms with Crippen molar-refractivity contribution in [1.82, 2.24) is 0 Å². The van der Waals surface area contributed by atoms with E-state index in [9.17, 15) is 9.59 Å². The number of carbonyl (C=O) groups is 2. The Hall–Kier alpha value is -0.117. The van der Waals surface area contributed by atoms with E-state index in [0.29, 0.717) is 0 Å². The maximum atomic E-state index is 10.0. The van der Waals surface area contributed by atoms with Crippen LogP contribution in [0.1, 0.15) is 27.7 Å². The van der Waals surface area contributed by atoms with E-state index in [1.165, 1.54) is 39.8 Å². The van der Waals surface area contributed by atoms with Crippen molar-refractivity contribution in [3.05, 3.63) is 23.7 Å². The predicted molar refractivity (Wildman–Crippen MR) is 65.8 cm³/mol. The molecule has 0 aliphatic heterocycles. The van der Waals surface area contributed by atoms with Gasteiger partial charge in [0.15, 0.2) is 11.6 Å². The van der Waals surface area contributed by atoms with Crippen LogP contribution in [0.3, 0.4) is 0 Å². The number of hydrogen-bond acceptors (Lipinski definition) is 4. The molecule has 0 atom stereocenters. The summed E-state index contributed by atoms with van der Waals surface area (Å²) in [6.45, 7) is 5.70. The molecule has 0 amide bonds. The maximum absolute atomic E-state index is 10.0. The van der Waals surface area contributed by atoms with Crippen molar-refractivity contribution in [2.24, 2.45) is 0 Å². The molecule has 0 bridgehead atoms. The molecule has 17 heavy (non-hydrogen) atoms. The summed E-state index contributed by atoms with van der Waals surface area (Å²) < 4.78 is 0. The third-order valence-corrected chi connectivity index (χ3v) is 0.824. The Bertz CT molecular complexity index is 252. The molecule has 0 saturated carbocycles. The van der Waals surface area contributed by atoms with Gasteiger partial charge in [-0.3, -0.25) is 9.59 Å². The van der Waals surface area contributed by atoms with E-state index in [1.807, 2.05) is 0 Å². The number of allylic oxidation sites excluding steroid dienone is 4. The number of hydrogen-bond donors (Lipinski definition) is 2. The molecule has 0 aliphatic carbocycles. The molecule has 0 aliphatic rings. The number of carbonyl (C=O) groups excluding carboxylic acids is 2. The Labute approximate surface area is 120 Å². The zero-order valence-electron chi connectivity index (χ0n) is 10.1. The molecule has 0 aromatic heterocycles. The third kappa shape index (κ3) is 49.3. The number of halogens is 2. The van der Waals surface area contributed by atoms with Crippen molar-refractivity contribution in [3.8, 4) is 0 Å². The molecule has 0 aromatic rings. The predicted octanol–water partition coefficient (Wildman–Crippen LogP) is 3.45. The SMILES string of the molecule is CC(=O)/C=C(/C)O.CC(=O)/C=C(/C)O.[Cl][Zr][Cl]. The molecule has 2 N–H and O–H groups in total. The van der Waals surface area contributed by atoms with Crippen LogP contribution in [0.2, 0.25) is 0 Å². The Kier molecular flexibility index (Phi) is 20.6. The Morgan fingerprint density at radius 3 is 1.06 bits per heavy atom. The molecule has 0 fully saturated rings. The van der Waals surface area contributed by atoms with E-state index in [2.05, 4.69) is 0 Å². The molecule has 0 saturated heterocycles. The molecule has 0 heterocycles. The first-order valence-electron chi connectivity index (χ1n) is 4.39. The average Bonchev–Trinajstić information content (AvgIpc) is 1.99. The normalized spacial score (nSPS) is 10.2. The van der Waals surface area contributed by atoms with Crippen LogP contribution in [-0.2, 0) is 30.4 Å². The summed E-state index contributed by atoms with van der Waals surface area (Å²) in [5.41, 5.74) is 0. The van der Waals surface area contributed by atoms with Crippen molar-refractivity contribution in [2.75, 3.05) is 0 Å². The molecule has 7 heteroatoms. The van der Waals surface area contributed by atoms with Crippen LogP contribution in [0, 0.1) is 0 Å². The van der Waals surface area contributed by atoms with Gasteiger partial charge in [-0.05, 0) is 27.7 Å². The van der Waals surface area contributed by atoms with Crippen molar-refractivity contribution in [2.45, 2.75) is 27.7 Å². The zero-order chi connectivity index (χ0) is 14.4. The summed E-state index contributed by atoms with van der Waals surface area (Å²) in [6.07, 6.45) is 2.33. The Morgan fingerprint density at radius 2 is 1.06 bits per heavy atom. The van der Waals surface area contributed by atoms with Crippen LogP contribution in [0.4, 0.5) is 0 Å². The summed E-state index contributed by atoms with van der Waals surface area (Å²) in [6, 6.07) is 0. The van der Waals surface area contributed by atoms with Gasteiger partial charge < -0.3 is 10.2 Å². The second-order valence-electron chi connectivity index (χ2n) is 2.86. The first kappa shape index (κ1) is 22.1. The van der Waals surface area contributed by atoms with Gasteiger partial charge in [-0.2, -0.15) is 0 Å². The van der Waals surface area contributed by atoms with Gasteiger partial charge >= 0.3 is 37.9 Å². The van der Waals surface area contributed by atoms with Crippen molar-refractivity contribution >= 4 is 28.6 Å². The molecule has 0 unspecified atom stereocenters. The van der Waals surface area contributed by atoms with Gasteiger partial charge in [0.1, 0.15) is 0 Å². The first-order chi connectivity index (χ1) is 7.67. The third-order valence-electron chi connectivity index (χ3n) is 0.824. The number of aliphatic hydroxyl groups is 2. The molecular formula is C10H16Cl2O4Zr. The van der Waals surface area contributed by atoms with Gasteiger partial charge in [-0.1, -0.05) is 0 Å². The van der Waals surface area contributed by atoms with E-state index in [-0.39, 0.29) is 23.1 Å². The zero-order valence-corrected chi connectivity index (χ0v) is 14.1. The molecule has 0 radical (unpaired) electrons. The monoisotopic (exact) mass is 360 g/mol. The van der Waals surface area contributed by atoms with Crippen LogP contribution in [0.5, 0.6) is 0 Å². The average molecular weight is 362 g/mol. The van der Waals surface area contributed by atoms with E-state index in [1.54, 1.807) is 0 Å². The Morgan fingerprint density at radius 1 is 0.882 bits per heavy atom. The number of ketones is 2. The van der Waals surface area contributed by atoms with Gasteiger partial charge in [0, 0.05) is 12.2 Å². The minimum atomic E-state index is -0.826. The van der Waals surface area contributed by atoms with Crippen LogP contribution in [0.25, 0.3) is 0 Å². The topological polar surface area (TPSA) is 74.6 Å². The molecule has 0 spiro atoms. The molecule has 0 aromatic carbocycles. The van der Waals surface area contributed by atoms with Crippen molar-refractivity contribution in [1.29, 1.82) is 0 Å². The van der Waals surface area contributed by atoms with Crippen LogP contribution in [-0.4, -0.2) is 21.8 Å². The van der Waals surface area contributed by atoms with Crippen LogP contribution < -0.4 is 0 Å².